The van der Waals surface area contributed by atoms with Gasteiger partial charge in [-0.2, -0.15) is 0 Å². The van der Waals surface area contributed by atoms with Gasteiger partial charge in [-0.3, -0.25) is 4.99 Å². The van der Waals surface area contributed by atoms with E-state index < -0.39 is 0 Å². The number of hydrogen-bond donors (Lipinski definition) is 1. The quantitative estimate of drug-likeness (QED) is 0.478. The Hall–Kier alpha value is -3.53. The van der Waals surface area contributed by atoms with Gasteiger partial charge in [-0.15, -0.1) is 0 Å². The minimum absolute atomic E-state index is 0.248. The molecule has 0 spiro atoms. The third kappa shape index (κ3) is 4.98. The lowest BCUT2D eigenvalue weighted by atomic mass is 10.1. The van der Waals surface area contributed by atoms with Crippen molar-refractivity contribution in [2.45, 2.75) is 0 Å². The number of aliphatic imine (C=N–C) groups is 1. The van der Waals surface area contributed by atoms with Crippen LogP contribution in [0.1, 0.15) is 16.7 Å². The molecule has 3 aromatic carbocycles. The molecular formula is C23H21NO3. The Morgan fingerprint density at radius 1 is 0.704 bits per heavy atom. The van der Waals surface area contributed by atoms with Crippen LogP contribution in [-0.2, 0) is 0 Å². The summed E-state index contributed by atoms with van der Waals surface area (Å²) in [4.78, 5) is 4.45. The topological polar surface area (TPSA) is 51.0 Å². The summed E-state index contributed by atoms with van der Waals surface area (Å²) in [5.74, 6) is 1.67. The largest absolute Gasteiger partial charge is 0.508 e. The fourth-order valence-corrected chi connectivity index (χ4v) is 2.53. The van der Waals surface area contributed by atoms with Gasteiger partial charge in [-0.25, -0.2) is 0 Å². The fourth-order valence-electron chi connectivity index (χ4n) is 2.53. The molecule has 0 radical (unpaired) electrons. The molecule has 0 bridgehead atoms. The molecule has 3 aromatic rings. The van der Waals surface area contributed by atoms with E-state index in [1.54, 1.807) is 32.6 Å². The zero-order valence-electron chi connectivity index (χ0n) is 15.3. The first-order chi connectivity index (χ1) is 13.2. The maximum Gasteiger partial charge on any atom is 0.161 e. The van der Waals surface area contributed by atoms with E-state index in [2.05, 4.69) is 4.99 Å². The Labute approximate surface area is 159 Å². The summed E-state index contributed by atoms with van der Waals surface area (Å²) >= 11 is 0. The molecule has 136 valence electrons. The first kappa shape index (κ1) is 18.3. The second-order valence-corrected chi connectivity index (χ2v) is 5.89. The molecule has 0 heterocycles. The molecule has 27 heavy (non-hydrogen) atoms. The third-order valence-corrected chi connectivity index (χ3v) is 4.02. The average molecular weight is 359 g/mol. The van der Waals surface area contributed by atoms with Crippen molar-refractivity contribution in [3.8, 4) is 17.2 Å². The Balaban J connectivity index is 1.68. The van der Waals surface area contributed by atoms with Gasteiger partial charge in [-0.05, 0) is 65.2 Å². The zero-order chi connectivity index (χ0) is 19.1. The zero-order valence-corrected chi connectivity index (χ0v) is 15.3. The number of phenols is 1. The highest BCUT2D eigenvalue weighted by atomic mass is 16.5. The van der Waals surface area contributed by atoms with Gasteiger partial charge >= 0.3 is 0 Å². The minimum Gasteiger partial charge on any atom is -0.508 e. The van der Waals surface area contributed by atoms with Gasteiger partial charge in [-0.1, -0.05) is 30.4 Å². The Morgan fingerprint density at radius 2 is 1.30 bits per heavy atom. The molecule has 0 atom stereocenters. The van der Waals surface area contributed by atoms with E-state index in [9.17, 15) is 5.11 Å². The first-order valence-electron chi connectivity index (χ1n) is 8.51. The van der Waals surface area contributed by atoms with Crippen molar-refractivity contribution in [1.29, 1.82) is 0 Å². The van der Waals surface area contributed by atoms with Gasteiger partial charge in [0.05, 0.1) is 19.9 Å². The summed E-state index contributed by atoms with van der Waals surface area (Å²) < 4.78 is 10.6. The number of methoxy groups -OCH3 is 2. The lowest BCUT2D eigenvalue weighted by Crippen LogP contribution is -1.90. The normalized spacial score (nSPS) is 11.2. The van der Waals surface area contributed by atoms with E-state index in [1.807, 2.05) is 66.7 Å². The van der Waals surface area contributed by atoms with Crippen LogP contribution in [0.25, 0.3) is 12.2 Å². The lowest BCUT2D eigenvalue weighted by molar-refractivity contribution is 0.355. The number of rotatable bonds is 6. The second kappa shape index (κ2) is 8.72. The van der Waals surface area contributed by atoms with Gasteiger partial charge < -0.3 is 14.6 Å². The predicted molar refractivity (Wildman–Crippen MR) is 110 cm³/mol. The summed E-state index contributed by atoms with van der Waals surface area (Å²) in [6.45, 7) is 0. The van der Waals surface area contributed by atoms with E-state index in [0.29, 0.717) is 11.5 Å². The Morgan fingerprint density at radius 3 is 1.96 bits per heavy atom. The van der Waals surface area contributed by atoms with Crippen LogP contribution in [0.3, 0.4) is 0 Å². The summed E-state index contributed by atoms with van der Waals surface area (Å²) in [6.07, 6.45) is 5.83. The molecule has 0 fully saturated rings. The standard InChI is InChI=1S/C23H21NO3/c1-26-22-14-9-18(15-23(22)27-2)4-3-17-5-10-20(11-6-17)24-16-19-7-12-21(25)13-8-19/h3-16,25H,1-2H3/b4-3+,24-16?. The van der Waals surface area contributed by atoms with E-state index in [1.165, 1.54) is 0 Å². The van der Waals surface area contributed by atoms with Gasteiger partial charge in [0, 0.05) is 6.21 Å². The molecule has 0 aromatic heterocycles. The van der Waals surface area contributed by atoms with Crippen LogP contribution < -0.4 is 9.47 Å². The number of hydrogen-bond acceptors (Lipinski definition) is 4. The molecule has 4 nitrogen and oxygen atoms in total. The molecule has 3 rings (SSSR count). The molecule has 0 unspecified atom stereocenters. The molecular weight excluding hydrogens is 338 g/mol. The summed E-state index contributed by atoms with van der Waals surface area (Å²) in [5, 5.41) is 9.30. The second-order valence-electron chi connectivity index (χ2n) is 5.89. The van der Waals surface area contributed by atoms with Crippen LogP contribution in [0.4, 0.5) is 5.69 Å². The monoisotopic (exact) mass is 359 g/mol. The predicted octanol–water partition coefficient (Wildman–Crippen LogP) is 5.33. The smallest absolute Gasteiger partial charge is 0.161 e. The molecule has 0 aliphatic carbocycles. The van der Waals surface area contributed by atoms with Crippen LogP contribution in [0.2, 0.25) is 0 Å². The lowest BCUT2D eigenvalue weighted by Gasteiger charge is -2.07. The van der Waals surface area contributed by atoms with Crippen LogP contribution >= 0.6 is 0 Å². The number of benzene rings is 3. The van der Waals surface area contributed by atoms with Crippen molar-refractivity contribution in [3.05, 3.63) is 83.4 Å². The highest BCUT2D eigenvalue weighted by molar-refractivity contribution is 5.82. The van der Waals surface area contributed by atoms with E-state index in [4.69, 9.17) is 9.47 Å². The maximum absolute atomic E-state index is 9.30. The number of nitrogens with zero attached hydrogens (tertiary/aromatic N) is 1. The van der Waals surface area contributed by atoms with Crippen molar-refractivity contribution in [2.24, 2.45) is 4.99 Å². The summed E-state index contributed by atoms with van der Waals surface area (Å²) in [5.41, 5.74) is 3.91. The van der Waals surface area contributed by atoms with E-state index >= 15 is 0 Å². The minimum atomic E-state index is 0.248. The average Bonchev–Trinajstić information content (AvgIpc) is 2.72. The molecule has 0 saturated heterocycles. The molecule has 0 amide bonds. The maximum atomic E-state index is 9.30. The molecule has 0 saturated carbocycles. The van der Waals surface area contributed by atoms with Crippen molar-refractivity contribution >= 4 is 24.1 Å². The van der Waals surface area contributed by atoms with Crippen molar-refractivity contribution < 1.29 is 14.6 Å². The van der Waals surface area contributed by atoms with Gasteiger partial charge in [0.2, 0.25) is 0 Å². The van der Waals surface area contributed by atoms with Crippen molar-refractivity contribution in [2.75, 3.05) is 14.2 Å². The SMILES string of the molecule is COc1ccc(/C=C/c2ccc(N=Cc3ccc(O)cc3)cc2)cc1OC. The molecule has 1 N–H and O–H groups in total. The van der Waals surface area contributed by atoms with Crippen LogP contribution in [0.5, 0.6) is 17.2 Å². The van der Waals surface area contributed by atoms with Gasteiger partial charge in [0.25, 0.3) is 0 Å². The fraction of sp³-hybridized carbons (Fsp3) is 0.0870. The van der Waals surface area contributed by atoms with Crippen molar-refractivity contribution in [1.82, 2.24) is 0 Å². The van der Waals surface area contributed by atoms with Gasteiger partial charge in [0.15, 0.2) is 11.5 Å². The van der Waals surface area contributed by atoms with E-state index in [-0.39, 0.29) is 5.75 Å². The van der Waals surface area contributed by atoms with Crippen LogP contribution in [-0.4, -0.2) is 25.5 Å². The Kier molecular flexibility index (Phi) is 5.90. The third-order valence-electron chi connectivity index (χ3n) is 4.02. The van der Waals surface area contributed by atoms with Crippen LogP contribution in [0, 0.1) is 0 Å². The summed E-state index contributed by atoms with van der Waals surface area (Å²) in [6, 6.07) is 20.7. The number of aromatic hydroxyl groups is 1. The highest BCUT2D eigenvalue weighted by Crippen LogP contribution is 2.28. The first-order valence-corrected chi connectivity index (χ1v) is 8.51. The molecule has 0 aliphatic rings. The number of phenolic OH excluding ortho intramolecular Hbond substituents is 1. The van der Waals surface area contributed by atoms with E-state index in [0.717, 1.165) is 22.4 Å². The molecule has 4 heteroatoms. The van der Waals surface area contributed by atoms with Crippen molar-refractivity contribution in [3.63, 3.8) is 0 Å². The number of ether oxygens (including phenoxy) is 2. The highest BCUT2D eigenvalue weighted by Gasteiger charge is 2.02. The van der Waals surface area contributed by atoms with Gasteiger partial charge in [0.1, 0.15) is 5.75 Å². The molecule has 0 aliphatic heterocycles. The summed E-state index contributed by atoms with van der Waals surface area (Å²) in [7, 11) is 3.25. The van der Waals surface area contributed by atoms with Crippen LogP contribution in [0.15, 0.2) is 71.7 Å². The Bertz CT molecular complexity index is 942.